The molecule has 2 atom stereocenters. The molecule has 0 amide bonds. The van der Waals surface area contributed by atoms with Crippen molar-refractivity contribution in [2.75, 3.05) is 50.2 Å². The molecule has 2 N–H and O–H groups in total. The standard InChI is InChI=1S/C29H56N4O4S2/c1-8-11-15-33(16-12-9-2)26-30-27(32-28(31-26)39-23(4)5)38-22-25(35)21-37-18-14-13-17-36-20-24(34)19-29(6,7)10-3/h23-25,34-35H,8-22H2,1-7H3. The summed E-state index contributed by atoms with van der Waals surface area (Å²) >= 11 is 3.10. The van der Waals surface area contributed by atoms with Gasteiger partial charge in [0.25, 0.3) is 0 Å². The highest BCUT2D eigenvalue weighted by molar-refractivity contribution is 8.00. The summed E-state index contributed by atoms with van der Waals surface area (Å²) in [6, 6.07) is 0. The third-order valence-electron chi connectivity index (χ3n) is 6.37. The van der Waals surface area contributed by atoms with Gasteiger partial charge in [-0.25, -0.2) is 0 Å². The Morgan fingerprint density at radius 1 is 0.821 bits per heavy atom. The van der Waals surface area contributed by atoms with E-state index >= 15 is 0 Å². The fraction of sp³-hybridized carbons (Fsp3) is 0.897. The van der Waals surface area contributed by atoms with Crippen molar-refractivity contribution in [1.29, 1.82) is 0 Å². The average Bonchev–Trinajstić information content (AvgIpc) is 2.88. The van der Waals surface area contributed by atoms with Crippen molar-refractivity contribution < 1.29 is 19.7 Å². The molecule has 1 heterocycles. The number of aliphatic hydroxyl groups excluding tert-OH is 2. The van der Waals surface area contributed by atoms with E-state index in [9.17, 15) is 10.2 Å². The summed E-state index contributed by atoms with van der Waals surface area (Å²) in [4.78, 5) is 16.5. The maximum absolute atomic E-state index is 10.5. The molecular formula is C29H56N4O4S2. The van der Waals surface area contributed by atoms with Crippen molar-refractivity contribution in [2.45, 2.75) is 128 Å². The lowest BCUT2D eigenvalue weighted by atomic mass is 9.84. The van der Waals surface area contributed by atoms with Crippen LogP contribution in [-0.4, -0.2) is 87.9 Å². The van der Waals surface area contributed by atoms with Gasteiger partial charge in [-0.2, -0.15) is 15.0 Å². The summed E-state index contributed by atoms with van der Waals surface area (Å²) in [5, 5.41) is 22.4. The topological polar surface area (TPSA) is 101 Å². The summed E-state index contributed by atoms with van der Waals surface area (Å²) in [6.07, 6.45) is 6.96. The first-order valence-electron chi connectivity index (χ1n) is 14.9. The predicted molar refractivity (Wildman–Crippen MR) is 165 cm³/mol. The molecule has 39 heavy (non-hydrogen) atoms. The van der Waals surface area contributed by atoms with Crippen LogP contribution in [0.1, 0.15) is 99.8 Å². The van der Waals surface area contributed by atoms with Crippen LogP contribution in [0, 0.1) is 5.41 Å². The molecule has 0 spiro atoms. The SMILES string of the molecule is CCCCN(CCCC)c1nc(SCC(O)COCCCCOCC(O)CC(C)(C)CC)nc(SC(C)C)n1. The molecule has 10 heteroatoms. The molecule has 228 valence electrons. The van der Waals surface area contributed by atoms with Gasteiger partial charge in [0, 0.05) is 37.3 Å². The van der Waals surface area contributed by atoms with E-state index in [2.05, 4.69) is 58.4 Å². The maximum atomic E-state index is 10.5. The number of unbranched alkanes of at least 4 members (excludes halogenated alkanes) is 3. The molecule has 0 aromatic carbocycles. The van der Waals surface area contributed by atoms with Crippen LogP contribution in [0.2, 0.25) is 0 Å². The normalized spacial score (nSPS) is 13.7. The van der Waals surface area contributed by atoms with Crippen molar-refractivity contribution in [2.24, 2.45) is 5.41 Å². The van der Waals surface area contributed by atoms with Crippen LogP contribution in [0.4, 0.5) is 5.95 Å². The number of hydrogen-bond donors (Lipinski definition) is 2. The van der Waals surface area contributed by atoms with Crippen LogP contribution in [0.3, 0.4) is 0 Å². The van der Waals surface area contributed by atoms with Gasteiger partial charge in [-0.15, -0.1) is 0 Å². The van der Waals surface area contributed by atoms with Crippen LogP contribution < -0.4 is 4.90 Å². The number of aromatic nitrogens is 3. The van der Waals surface area contributed by atoms with E-state index in [4.69, 9.17) is 19.4 Å². The van der Waals surface area contributed by atoms with Gasteiger partial charge in [-0.05, 0) is 37.5 Å². The third kappa shape index (κ3) is 17.7. The molecule has 0 fully saturated rings. The van der Waals surface area contributed by atoms with Crippen LogP contribution in [0.15, 0.2) is 10.3 Å². The highest BCUT2D eigenvalue weighted by Crippen LogP contribution is 2.27. The van der Waals surface area contributed by atoms with Gasteiger partial charge in [0.2, 0.25) is 5.95 Å². The monoisotopic (exact) mass is 588 g/mol. The molecule has 1 aromatic rings. The fourth-order valence-electron chi connectivity index (χ4n) is 3.71. The summed E-state index contributed by atoms with van der Waals surface area (Å²) in [5.41, 5.74) is 0.139. The minimum atomic E-state index is -0.596. The zero-order valence-corrected chi connectivity index (χ0v) is 27.3. The second kappa shape index (κ2) is 21.1. The van der Waals surface area contributed by atoms with Crippen molar-refractivity contribution in [3.63, 3.8) is 0 Å². The molecule has 8 nitrogen and oxygen atoms in total. The Morgan fingerprint density at radius 2 is 1.38 bits per heavy atom. The third-order valence-corrected chi connectivity index (χ3v) is 8.22. The van der Waals surface area contributed by atoms with E-state index in [0.29, 0.717) is 36.0 Å². The van der Waals surface area contributed by atoms with Gasteiger partial charge in [-0.3, -0.25) is 0 Å². The number of rotatable bonds is 24. The lowest BCUT2D eigenvalue weighted by Crippen LogP contribution is -2.28. The first-order chi connectivity index (χ1) is 18.6. The van der Waals surface area contributed by atoms with Crippen molar-refractivity contribution >= 4 is 29.5 Å². The molecule has 0 aliphatic rings. The van der Waals surface area contributed by atoms with Gasteiger partial charge >= 0.3 is 0 Å². The van der Waals surface area contributed by atoms with Crippen molar-refractivity contribution in [3.05, 3.63) is 0 Å². The first-order valence-corrected chi connectivity index (χ1v) is 16.8. The Labute approximate surface area is 246 Å². The maximum Gasteiger partial charge on any atom is 0.230 e. The summed E-state index contributed by atoms with van der Waals surface area (Å²) < 4.78 is 11.3. The van der Waals surface area contributed by atoms with Crippen molar-refractivity contribution in [1.82, 2.24) is 15.0 Å². The highest BCUT2D eigenvalue weighted by Gasteiger charge is 2.20. The molecular weight excluding hydrogens is 532 g/mol. The quantitative estimate of drug-likeness (QED) is 0.107. The van der Waals surface area contributed by atoms with Gasteiger partial charge in [0.1, 0.15) is 0 Å². The van der Waals surface area contributed by atoms with Crippen molar-refractivity contribution in [3.8, 4) is 0 Å². The Balaban J connectivity index is 2.44. The largest absolute Gasteiger partial charge is 0.391 e. The lowest BCUT2D eigenvalue weighted by molar-refractivity contribution is 0.00780. The second-order valence-electron chi connectivity index (χ2n) is 11.3. The van der Waals surface area contributed by atoms with E-state index in [1.54, 1.807) is 11.8 Å². The molecule has 2 unspecified atom stereocenters. The Bertz CT molecular complexity index is 750. The molecule has 0 saturated carbocycles. The zero-order chi connectivity index (χ0) is 29.1. The van der Waals surface area contributed by atoms with Crippen LogP contribution >= 0.6 is 23.5 Å². The van der Waals surface area contributed by atoms with Gasteiger partial charge < -0.3 is 24.6 Å². The highest BCUT2D eigenvalue weighted by atomic mass is 32.2. The number of ether oxygens (including phenoxy) is 2. The first kappa shape index (κ1) is 36.4. The number of thioether (sulfide) groups is 2. The summed E-state index contributed by atoms with van der Waals surface area (Å²) in [5.74, 6) is 1.21. The van der Waals surface area contributed by atoms with Crippen LogP contribution in [0.5, 0.6) is 0 Å². The van der Waals surface area contributed by atoms with E-state index < -0.39 is 12.2 Å². The minimum absolute atomic E-state index is 0.139. The predicted octanol–water partition coefficient (Wildman–Crippen LogP) is 6.23. The fourth-order valence-corrected chi connectivity index (χ4v) is 5.20. The van der Waals surface area contributed by atoms with Gasteiger partial charge in [0.05, 0.1) is 25.4 Å². The Hall–Kier alpha value is -0.650. The van der Waals surface area contributed by atoms with Crippen LogP contribution in [0.25, 0.3) is 0 Å². The number of hydrogen-bond acceptors (Lipinski definition) is 10. The number of aliphatic hydroxyl groups is 2. The second-order valence-corrected chi connectivity index (χ2v) is 13.8. The van der Waals surface area contributed by atoms with Gasteiger partial charge in [0.15, 0.2) is 10.3 Å². The summed E-state index contributed by atoms with van der Waals surface area (Å²) in [6.45, 7) is 18.9. The van der Waals surface area contributed by atoms with Crippen LogP contribution in [-0.2, 0) is 9.47 Å². The average molecular weight is 589 g/mol. The summed E-state index contributed by atoms with van der Waals surface area (Å²) in [7, 11) is 0. The smallest absolute Gasteiger partial charge is 0.230 e. The lowest BCUT2D eigenvalue weighted by Gasteiger charge is -2.25. The molecule has 0 radical (unpaired) electrons. The Morgan fingerprint density at radius 3 is 1.92 bits per heavy atom. The van der Waals surface area contributed by atoms with E-state index in [1.807, 2.05) is 0 Å². The molecule has 0 saturated heterocycles. The molecule has 1 rings (SSSR count). The molecule has 0 bridgehead atoms. The van der Waals surface area contributed by atoms with E-state index in [-0.39, 0.29) is 12.0 Å². The zero-order valence-electron chi connectivity index (χ0n) is 25.7. The van der Waals surface area contributed by atoms with E-state index in [0.717, 1.165) is 75.6 Å². The van der Waals surface area contributed by atoms with E-state index in [1.165, 1.54) is 11.8 Å². The molecule has 1 aromatic heterocycles. The molecule has 0 aliphatic heterocycles. The molecule has 0 aliphatic carbocycles. The Kier molecular flexibility index (Phi) is 19.7. The van der Waals surface area contributed by atoms with Gasteiger partial charge in [-0.1, -0.05) is 91.3 Å². The minimum Gasteiger partial charge on any atom is -0.391 e. The number of anilines is 1. The number of nitrogens with zero attached hydrogens (tertiary/aromatic N) is 4.